The molecule has 0 saturated carbocycles. The van der Waals surface area contributed by atoms with Crippen molar-refractivity contribution in [2.24, 2.45) is 0 Å². The summed E-state index contributed by atoms with van der Waals surface area (Å²) in [4.78, 5) is 12.1. The Labute approximate surface area is 116 Å². The van der Waals surface area contributed by atoms with Gasteiger partial charge in [0.05, 0.1) is 7.11 Å². The number of halogens is 1. The monoisotopic (exact) mass is 276 g/mol. The molecule has 0 bridgehead atoms. The van der Waals surface area contributed by atoms with Crippen molar-refractivity contribution in [3.8, 4) is 11.5 Å². The van der Waals surface area contributed by atoms with Gasteiger partial charge in [-0.3, -0.25) is 0 Å². The predicted molar refractivity (Wildman–Crippen MR) is 74.1 cm³/mol. The molecular weight excluding hydrogens is 264 g/mol. The largest absolute Gasteiger partial charge is 0.496 e. The lowest BCUT2D eigenvalue weighted by Crippen LogP contribution is -2.10. The maximum absolute atomic E-state index is 12.1. The number of carbonyl (C=O) groups is 1. The number of para-hydroxylation sites is 1. The molecule has 0 spiro atoms. The quantitative estimate of drug-likeness (QED) is 0.630. The van der Waals surface area contributed by atoms with Gasteiger partial charge in [-0.25, -0.2) is 4.79 Å². The summed E-state index contributed by atoms with van der Waals surface area (Å²) in [7, 11) is 1.51. The maximum atomic E-state index is 12.1. The van der Waals surface area contributed by atoms with E-state index in [9.17, 15) is 4.79 Å². The van der Waals surface area contributed by atoms with Crippen LogP contribution in [0.15, 0.2) is 42.5 Å². The molecule has 0 aliphatic rings. The van der Waals surface area contributed by atoms with E-state index < -0.39 is 5.97 Å². The number of hydrogen-bond acceptors (Lipinski definition) is 3. The Balaban J connectivity index is 2.26. The summed E-state index contributed by atoms with van der Waals surface area (Å²) in [5.41, 5.74) is 1.19. The van der Waals surface area contributed by atoms with E-state index in [2.05, 4.69) is 0 Å². The van der Waals surface area contributed by atoms with Gasteiger partial charge in [-0.15, -0.1) is 0 Å². The molecule has 4 heteroatoms. The topological polar surface area (TPSA) is 35.5 Å². The van der Waals surface area contributed by atoms with Crippen molar-refractivity contribution in [3.63, 3.8) is 0 Å². The van der Waals surface area contributed by atoms with Gasteiger partial charge in [0.25, 0.3) is 0 Å². The minimum atomic E-state index is -0.456. The van der Waals surface area contributed by atoms with Crippen LogP contribution >= 0.6 is 11.6 Å². The predicted octanol–water partition coefficient (Wildman–Crippen LogP) is 3.88. The number of carbonyl (C=O) groups excluding carboxylic acids is 1. The fraction of sp³-hybridized carbons (Fsp3) is 0.133. The molecule has 2 aromatic rings. The van der Waals surface area contributed by atoms with Crippen LogP contribution in [0.5, 0.6) is 11.5 Å². The van der Waals surface area contributed by atoms with Gasteiger partial charge in [0, 0.05) is 5.02 Å². The molecule has 0 aliphatic carbocycles. The van der Waals surface area contributed by atoms with Crippen molar-refractivity contribution in [1.29, 1.82) is 0 Å². The Morgan fingerprint density at radius 3 is 2.53 bits per heavy atom. The van der Waals surface area contributed by atoms with Crippen LogP contribution in [-0.4, -0.2) is 13.1 Å². The molecule has 3 nitrogen and oxygen atoms in total. The second kappa shape index (κ2) is 5.76. The first kappa shape index (κ1) is 13.4. The Morgan fingerprint density at radius 2 is 1.84 bits per heavy atom. The minimum Gasteiger partial charge on any atom is -0.496 e. The van der Waals surface area contributed by atoms with Gasteiger partial charge in [-0.05, 0) is 42.8 Å². The number of methoxy groups -OCH3 is 1. The van der Waals surface area contributed by atoms with Gasteiger partial charge in [-0.2, -0.15) is 0 Å². The van der Waals surface area contributed by atoms with Crippen molar-refractivity contribution in [2.45, 2.75) is 6.92 Å². The first-order valence-electron chi connectivity index (χ1n) is 5.73. The highest BCUT2D eigenvalue weighted by atomic mass is 35.5. The first-order valence-corrected chi connectivity index (χ1v) is 6.11. The summed E-state index contributed by atoms with van der Waals surface area (Å²) < 4.78 is 10.5. The molecule has 0 heterocycles. The van der Waals surface area contributed by atoms with E-state index in [1.165, 1.54) is 7.11 Å². The second-order valence-corrected chi connectivity index (χ2v) is 4.44. The molecule has 0 aliphatic heterocycles. The normalized spacial score (nSPS) is 10.1. The molecule has 2 rings (SSSR count). The Morgan fingerprint density at radius 1 is 1.11 bits per heavy atom. The summed E-state index contributed by atoms with van der Waals surface area (Å²) in [5, 5.41) is 0.606. The van der Waals surface area contributed by atoms with Crippen LogP contribution in [0.25, 0.3) is 0 Å². The van der Waals surface area contributed by atoms with Crippen molar-refractivity contribution in [3.05, 3.63) is 58.6 Å². The van der Waals surface area contributed by atoms with Crippen LogP contribution in [0.4, 0.5) is 0 Å². The van der Waals surface area contributed by atoms with Crippen molar-refractivity contribution < 1.29 is 14.3 Å². The Kier molecular flexibility index (Phi) is 4.07. The average molecular weight is 277 g/mol. The van der Waals surface area contributed by atoms with Crippen LogP contribution in [0.2, 0.25) is 5.02 Å². The third-order valence-corrected chi connectivity index (χ3v) is 2.90. The van der Waals surface area contributed by atoms with Crippen LogP contribution in [0.3, 0.4) is 0 Å². The summed E-state index contributed by atoms with van der Waals surface area (Å²) in [6, 6.07) is 12.0. The molecule has 19 heavy (non-hydrogen) atoms. The highest BCUT2D eigenvalue weighted by Gasteiger charge is 2.14. The number of rotatable bonds is 3. The maximum Gasteiger partial charge on any atom is 0.347 e. The van der Waals surface area contributed by atoms with Crippen LogP contribution in [0.1, 0.15) is 15.9 Å². The van der Waals surface area contributed by atoms with Gasteiger partial charge in [0.15, 0.2) is 0 Å². The average Bonchev–Trinajstić information content (AvgIpc) is 2.41. The van der Waals surface area contributed by atoms with E-state index in [1.807, 2.05) is 6.92 Å². The molecule has 0 radical (unpaired) electrons. The molecule has 0 atom stereocenters. The molecular formula is C15H13ClO3. The summed E-state index contributed by atoms with van der Waals surface area (Å²) in [6.07, 6.45) is 0. The highest BCUT2D eigenvalue weighted by molar-refractivity contribution is 6.30. The molecule has 98 valence electrons. The number of esters is 1. The lowest BCUT2D eigenvalue weighted by molar-refractivity contribution is 0.0730. The summed E-state index contributed by atoms with van der Waals surface area (Å²) in [5.74, 6) is 0.516. The molecule has 0 fully saturated rings. The standard InChI is InChI=1S/C15H13ClO3/c1-10-9-11(16)7-8-13(10)19-15(17)12-5-3-4-6-14(12)18-2/h3-9H,1-2H3. The molecule has 0 aromatic heterocycles. The first-order chi connectivity index (χ1) is 9.11. The summed E-state index contributed by atoms with van der Waals surface area (Å²) >= 11 is 5.86. The lowest BCUT2D eigenvalue weighted by Gasteiger charge is -2.10. The fourth-order valence-electron chi connectivity index (χ4n) is 1.70. The van der Waals surface area contributed by atoms with Crippen molar-refractivity contribution >= 4 is 17.6 Å². The summed E-state index contributed by atoms with van der Waals surface area (Å²) in [6.45, 7) is 1.83. The molecule has 2 aromatic carbocycles. The van der Waals surface area contributed by atoms with Gasteiger partial charge < -0.3 is 9.47 Å². The van der Waals surface area contributed by atoms with Crippen LogP contribution < -0.4 is 9.47 Å². The number of benzene rings is 2. The van der Waals surface area contributed by atoms with Crippen LogP contribution in [0, 0.1) is 6.92 Å². The minimum absolute atomic E-state index is 0.388. The van der Waals surface area contributed by atoms with Crippen molar-refractivity contribution in [2.75, 3.05) is 7.11 Å². The molecule has 0 N–H and O–H groups in total. The highest BCUT2D eigenvalue weighted by Crippen LogP contribution is 2.24. The van der Waals surface area contributed by atoms with E-state index in [1.54, 1.807) is 42.5 Å². The number of ether oxygens (including phenoxy) is 2. The third kappa shape index (κ3) is 3.06. The second-order valence-electron chi connectivity index (χ2n) is 4.00. The zero-order valence-corrected chi connectivity index (χ0v) is 11.4. The number of aryl methyl sites for hydroxylation is 1. The van der Waals surface area contributed by atoms with E-state index in [-0.39, 0.29) is 0 Å². The zero-order valence-electron chi connectivity index (χ0n) is 10.6. The molecule has 0 unspecified atom stereocenters. The molecule has 0 saturated heterocycles. The van der Waals surface area contributed by atoms with E-state index in [0.717, 1.165) is 5.56 Å². The fourth-order valence-corrected chi connectivity index (χ4v) is 1.92. The van der Waals surface area contributed by atoms with Crippen molar-refractivity contribution in [1.82, 2.24) is 0 Å². The Hall–Kier alpha value is -2.00. The SMILES string of the molecule is COc1ccccc1C(=O)Oc1ccc(Cl)cc1C. The van der Waals surface area contributed by atoms with Crippen LogP contribution in [-0.2, 0) is 0 Å². The van der Waals surface area contributed by atoms with Gasteiger partial charge in [0.2, 0.25) is 0 Å². The smallest absolute Gasteiger partial charge is 0.347 e. The van der Waals surface area contributed by atoms with Gasteiger partial charge in [-0.1, -0.05) is 23.7 Å². The Bertz CT molecular complexity index is 608. The van der Waals surface area contributed by atoms with E-state index in [4.69, 9.17) is 21.1 Å². The lowest BCUT2D eigenvalue weighted by atomic mass is 10.2. The van der Waals surface area contributed by atoms with Gasteiger partial charge in [0.1, 0.15) is 17.1 Å². The zero-order chi connectivity index (χ0) is 13.8. The van der Waals surface area contributed by atoms with E-state index in [0.29, 0.717) is 22.1 Å². The number of hydrogen-bond donors (Lipinski definition) is 0. The van der Waals surface area contributed by atoms with Gasteiger partial charge >= 0.3 is 5.97 Å². The molecule has 0 amide bonds. The van der Waals surface area contributed by atoms with E-state index >= 15 is 0 Å². The third-order valence-electron chi connectivity index (χ3n) is 2.67.